The van der Waals surface area contributed by atoms with Gasteiger partial charge in [0.1, 0.15) is 11.5 Å². The lowest BCUT2D eigenvalue weighted by molar-refractivity contribution is -0.128. The van der Waals surface area contributed by atoms with Crippen molar-refractivity contribution in [3.05, 3.63) is 54.1 Å². The third-order valence-corrected chi connectivity index (χ3v) is 5.24. The lowest BCUT2D eigenvalue weighted by Gasteiger charge is -2.20. The Balaban J connectivity index is 1.63. The number of hydrogen-bond acceptors (Lipinski definition) is 6. The van der Waals surface area contributed by atoms with Crippen molar-refractivity contribution in [3.63, 3.8) is 0 Å². The summed E-state index contributed by atoms with van der Waals surface area (Å²) < 4.78 is 10.6. The van der Waals surface area contributed by atoms with E-state index in [4.69, 9.17) is 9.47 Å². The van der Waals surface area contributed by atoms with Crippen LogP contribution in [0, 0.1) is 0 Å². The monoisotopic (exact) mass is 412 g/mol. The van der Waals surface area contributed by atoms with Crippen molar-refractivity contribution >= 4 is 17.7 Å². The molecule has 29 heavy (non-hydrogen) atoms. The van der Waals surface area contributed by atoms with Gasteiger partial charge >= 0.3 is 0 Å². The molecule has 7 nitrogen and oxygen atoms in total. The van der Waals surface area contributed by atoms with Gasteiger partial charge in [0.2, 0.25) is 11.1 Å². The molecule has 3 aromatic rings. The van der Waals surface area contributed by atoms with E-state index in [-0.39, 0.29) is 11.7 Å². The minimum Gasteiger partial charge on any atom is -0.497 e. The molecule has 0 aliphatic carbocycles. The van der Waals surface area contributed by atoms with Crippen molar-refractivity contribution in [1.29, 1.82) is 0 Å². The predicted molar refractivity (Wildman–Crippen MR) is 113 cm³/mol. The van der Waals surface area contributed by atoms with Crippen molar-refractivity contribution in [1.82, 2.24) is 20.1 Å². The second kappa shape index (κ2) is 9.97. The molecule has 0 spiro atoms. The highest BCUT2D eigenvalue weighted by atomic mass is 32.2. The van der Waals surface area contributed by atoms with Gasteiger partial charge in [0.25, 0.3) is 0 Å². The summed E-state index contributed by atoms with van der Waals surface area (Å²) in [6.07, 6.45) is 0. The van der Waals surface area contributed by atoms with Crippen LogP contribution in [0.4, 0.5) is 0 Å². The van der Waals surface area contributed by atoms with E-state index in [1.165, 1.54) is 11.8 Å². The van der Waals surface area contributed by atoms with Crippen molar-refractivity contribution in [3.8, 4) is 22.9 Å². The van der Waals surface area contributed by atoms with Crippen LogP contribution in [0.15, 0.2) is 53.7 Å². The minimum absolute atomic E-state index is 0.0507. The van der Waals surface area contributed by atoms with Gasteiger partial charge < -0.3 is 14.4 Å². The summed E-state index contributed by atoms with van der Waals surface area (Å²) in [7, 11) is 3.20. The molecule has 152 valence electrons. The number of thioether (sulfide) groups is 1. The van der Waals surface area contributed by atoms with Crippen LogP contribution in [0.5, 0.6) is 11.5 Å². The fraction of sp³-hybridized carbons (Fsp3) is 0.286. The Morgan fingerprint density at radius 3 is 2.62 bits per heavy atom. The smallest absolute Gasteiger partial charge is 0.233 e. The molecule has 0 aliphatic rings. The number of methoxy groups -OCH3 is 2. The van der Waals surface area contributed by atoms with E-state index in [2.05, 4.69) is 15.2 Å². The maximum atomic E-state index is 12.6. The number of aromatic amines is 1. The Bertz CT molecular complexity index is 946. The molecule has 0 saturated heterocycles. The molecule has 0 radical (unpaired) electrons. The molecule has 0 fully saturated rings. The Labute approximate surface area is 174 Å². The zero-order valence-electron chi connectivity index (χ0n) is 16.7. The Hall–Kier alpha value is -3.00. The van der Waals surface area contributed by atoms with Gasteiger partial charge in [-0.25, -0.2) is 4.98 Å². The number of H-pyrrole nitrogens is 1. The highest BCUT2D eigenvalue weighted by molar-refractivity contribution is 7.99. The third kappa shape index (κ3) is 5.29. The van der Waals surface area contributed by atoms with E-state index in [1.54, 1.807) is 20.3 Å². The Morgan fingerprint density at radius 1 is 1.14 bits per heavy atom. The van der Waals surface area contributed by atoms with Gasteiger partial charge in [-0.3, -0.25) is 9.89 Å². The normalized spacial score (nSPS) is 10.6. The van der Waals surface area contributed by atoms with Gasteiger partial charge in [-0.1, -0.05) is 42.1 Å². The van der Waals surface area contributed by atoms with Gasteiger partial charge in [0.15, 0.2) is 5.82 Å². The fourth-order valence-corrected chi connectivity index (χ4v) is 3.52. The van der Waals surface area contributed by atoms with Crippen molar-refractivity contribution in [2.45, 2.75) is 18.6 Å². The van der Waals surface area contributed by atoms with Crippen LogP contribution in [-0.2, 0) is 11.3 Å². The third-order valence-electron chi connectivity index (χ3n) is 4.40. The molecular formula is C21H24N4O3S. The van der Waals surface area contributed by atoms with Crippen LogP contribution in [0.3, 0.4) is 0 Å². The minimum atomic E-state index is 0.0507. The van der Waals surface area contributed by atoms with E-state index in [0.29, 0.717) is 35.6 Å². The maximum absolute atomic E-state index is 12.6. The first-order valence-corrected chi connectivity index (χ1v) is 10.2. The number of aromatic nitrogens is 3. The first kappa shape index (κ1) is 20.7. The van der Waals surface area contributed by atoms with Crippen molar-refractivity contribution < 1.29 is 14.3 Å². The van der Waals surface area contributed by atoms with E-state index >= 15 is 0 Å². The van der Waals surface area contributed by atoms with Crippen molar-refractivity contribution in [2.75, 3.05) is 26.5 Å². The first-order valence-electron chi connectivity index (χ1n) is 9.24. The second-order valence-electron chi connectivity index (χ2n) is 6.21. The average Bonchev–Trinajstić information content (AvgIpc) is 3.24. The summed E-state index contributed by atoms with van der Waals surface area (Å²) in [4.78, 5) is 18.9. The Morgan fingerprint density at radius 2 is 1.93 bits per heavy atom. The standard InChI is InChI=1S/C21H24N4O3S/c1-4-25(13-15-8-6-5-7-9-15)19(26)14-29-21-22-20(23-24-21)17-11-10-16(27-2)12-18(17)28-3/h5-12H,4,13-14H2,1-3H3,(H,22,23,24). The quantitative estimate of drug-likeness (QED) is 0.541. The maximum Gasteiger partial charge on any atom is 0.233 e. The van der Waals surface area contributed by atoms with Crippen LogP contribution in [0.25, 0.3) is 11.4 Å². The van der Waals surface area contributed by atoms with Crippen LogP contribution >= 0.6 is 11.8 Å². The number of amides is 1. The predicted octanol–water partition coefficient (Wildman–Crippen LogP) is 3.63. The molecule has 8 heteroatoms. The number of rotatable bonds is 9. The van der Waals surface area contributed by atoms with Gasteiger partial charge in [-0.2, -0.15) is 0 Å². The van der Waals surface area contributed by atoms with E-state index in [1.807, 2.05) is 54.3 Å². The molecule has 0 aliphatic heterocycles. The molecule has 0 unspecified atom stereocenters. The second-order valence-corrected chi connectivity index (χ2v) is 7.16. The van der Waals surface area contributed by atoms with E-state index < -0.39 is 0 Å². The van der Waals surface area contributed by atoms with Crippen LogP contribution in [0.2, 0.25) is 0 Å². The van der Waals surface area contributed by atoms with Crippen LogP contribution in [0.1, 0.15) is 12.5 Å². The zero-order valence-corrected chi connectivity index (χ0v) is 17.5. The summed E-state index contributed by atoms with van der Waals surface area (Å²) >= 11 is 1.31. The van der Waals surface area contributed by atoms with E-state index in [9.17, 15) is 4.79 Å². The molecular weight excluding hydrogens is 388 g/mol. The van der Waals surface area contributed by atoms with Crippen molar-refractivity contribution in [2.24, 2.45) is 0 Å². The number of carbonyl (C=O) groups is 1. The molecule has 2 aromatic carbocycles. The van der Waals surface area contributed by atoms with Gasteiger partial charge in [-0.05, 0) is 24.6 Å². The average molecular weight is 413 g/mol. The molecule has 1 aromatic heterocycles. The van der Waals surface area contributed by atoms with Crippen LogP contribution < -0.4 is 9.47 Å². The lowest BCUT2D eigenvalue weighted by atomic mass is 10.2. The topological polar surface area (TPSA) is 80.3 Å². The Kier molecular flexibility index (Phi) is 7.13. The highest BCUT2D eigenvalue weighted by Gasteiger charge is 2.16. The number of carbonyl (C=O) groups excluding carboxylic acids is 1. The molecule has 0 saturated carbocycles. The first-order chi connectivity index (χ1) is 14.1. The van der Waals surface area contributed by atoms with E-state index in [0.717, 1.165) is 11.1 Å². The molecule has 1 N–H and O–H groups in total. The summed E-state index contributed by atoms with van der Waals surface area (Å²) in [6.45, 7) is 3.22. The summed E-state index contributed by atoms with van der Waals surface area (Å²) in [5, 5.41) is 7.65. The summed E-state index contributed by atoms with van der Waals surface area (Å²) in [6, 6.07) is 15.4. The molecule has 0 atom stereocenters. The van der Waals surface area contributed by atoms with Crippen LogP contribution in [-0.4, -0.2) is 52.5 Å². The molecule has 1 heterocycles. The largest absolute Gasteiger partial charge is 0.497 e. The highest BCUT2D eigenvalue weighted by Crippen LogP contribution is 2.32. The fourth-order valence-electron chi connectivity index (χ4n) is 2.82. The number of benzene rings is 2. The van der Waals surface area contributed by atoms with Gasteiger partial charge in [-0.15, -0.1) is 5.10 Å². The zero-order chi connectivity index (χ0) is 20.6. The number of nitrogens with zero attached hydrogens (tertiary/aromatic N) is 3. The number of nitrogens with one attached hydrogen (secondary N) is 1. The van der Waals surface area contributed by atoms with Gasteiger partial charge in [0.05, 0.1) is 25.5 Å². The number of hydrogen-bond donors (Lipinski definition) is 1. The summed E-state index contributed by atoms with van der Waals surface area (Å²) in [5.41, 5.74) is 1.89. The molecule has 0 bridgehead atoms. The number of ether oxygens (including phenoxy) is 2. The SMILES string of the molecule is CCN(Cc1ccccc1)C(=O)CSc1n[nH]c(-c2ccc(OC)cc2OC)n1. The summed E-state index contributed by atoms with van der Waals surface area (Å²) in [5.74, 6) is 2.24. The molecule has 1 amide bonds. The molecule has 3 rings (SSSR count). The van der Waals surface area contributed by atoms with Gasteiger partial charge in [0, 0.05) is 19.2 Å². The lowest BCUT2D eigenvalue weighted by Crippen LogP contribution is -2.31.